The van der Waals surface area contributed by atoms with E-state index in [1.807, 2.05) is 12.1 Å². The number of hydrogen-bond donors (Lipinski definition) is 2. The van der Waals surface area contributed by atoms with Crippen molar-refractivity contribution in [2.75, 3.05) is 5.73 Å². The fourth-order valence-corrected chi connectivity index (χ4v) is 3.73. The monoisotopic (exact) mass is 447 g/mol. The topological polar surface area (TPSA) is 129 Å². The molecule has 3 heterocycles. The summed E-state index contributed by atoms with van der Waals surface area (Å²) in [6.45, 7) is 10.2. The van der Waals surface area contributed by atoms with Crippen molar-refractivity contribution in [1.82, 2.24) is 29.9 Å². The Labute approximate surface area is 192 Å². The van der Waals surface area contributed by atoms with Gasteiger partial charge in [0.25, 0.3) is 5.89 Å². The molecule has 0 aliphatic carbocycles. The van der Waals surface area contributed by atoms with Crippen LogP contribution in [0.1, 0.15) is 46.0 Å². The van der Waals surface area contributed by atoms with Crippen molar-refractivity contribution < 1.29 is 9.63 Å². The van der Waals surface area contributed by atoms with Gasteiger partial charge in [-0.1, -0.05) is 43.3 Å². The van der Waals surface area contributed by atoms with Crippen molar-refractivity contribution in [3.8, 4) is 22.6 Å². The first-order valence-electron chi connectivity index (χ1n) is 10.8. The van der Waals surface area contributed by atoms with Gasteiger partial charge in [-0.15, -0.1) is 0 Å². The van der Waals surface area contributed by atoms with Crippen LogP contribution in [0, 0.1) is 5.92 Å². The van der Waals surface area contributed by atoms with E-state index in [0.29, 0.717) is 23.8 Å². The summed E-state index contributed by atoms with van der Waals surface area (Å²) in [4.78, 5) is 12.9. The molecular formula is C24H29N7O2. The zero-order valence-electron chi connectivity index (χ0n) is 19.5. The highest BCUT2D eigenvalue weighted by Gasteiger charge is 2.37. The number of nitrogens with zero attached hydrogens (tertiary/aromatic N) is 6. The number of aromatic nitrogens is 6. The Balaban J connectivity index is 1.63. The van der Waals surface area contributed by atoms with Gasteiger partial charge in [-0.25, -0.2) is 9.97 Å². The summed E-state index contributed by atoms with van der Waals surface area (Å²) in [6, 6.07) is 8.21. The zero-order valence-corrected chi connectivity index (χ0v) is 19.5. The fraction of sp³-hybridized carbons (Fsp3) is 0.375. The Morgan fingerprint density at radius 1 is 1.00 bits per heavy atom. The van der Waals surface area contributed by atoms with Gasteiger partial charge >= 0.3 is 0 Å². The molecule has 0 amide bonds. The normalized spacial score (nSPS) is 13.9. The molecule has 0 bridgehead atoms. The van der Waals surface area contributed by atoms with Crippen LogP contribution in [0.4, 0.5) is 5.95 Å². The minimum absolute atomic E-state index is 0.201. The number of nitrogens with two attached hydrogens (primary N) is 1. The lowest BCUT2D eigenvalue weighted by molar-refractivity contribution is 0.0577. The quantitative estimate of drug-likeness (QED) is 0.439. The molecule has 0 unspecified atom stereocenters. The third-order valence-corrected chi connectivity index (χ3v) is 5.96. The summed E-state index contributed by atoms with van der Waals surface area (Å²) in [5, 5.41) is 18.7. The second-order valence-electron chi connectivity index (χ2n) is 9.43. The highest BCUT2D eigenvalue weighted by Crippen LogP contribution is 2.38. The number of nitrogen functional groups attached to an aromatic ring is 1. The summed E-state index contributed by atoms with van der Waals surface area (Å²) in [5.41, 5.74) is 7.93. The molecule has 3 N–H and O–H groups in total. The Hall–Kier alpha value is -3.59. The summed E-state index contributed by atoms with van der Waals surface area (Å²) in [7, 11) is 0. The lowest BCUT2D eigenvalue weighted by atomic mass is 9.72. The molecule has 33 heavy (non-hydrogen) atoms. The highest BCUT2D eigenvalue weighted by molar-refractivity contribution is 5.62. The second-order valence-corrected chi connectivity index (χ2v) is 9.43. The molecule has 172 valence electrons. The van der Waals surface area contributed by atoms with Gasteiger partial charge < -0.3 is 15.4 Å². The van der Waals surface area contributed by atoms with E-state index in [-0.39, 0.29) is 11.9 Å². The maximum Gasteiger partial charge on any atom is 0.261 e. The van der Waals surface area contributed by atoms with E-state index in [0.717, 1.165) is 16.7 Å². The summed E-state index contributed by atoms with van der Waals surface area (Å²) < 4.78 is 7.28. The third kappa shape index (κ3) is 4.63. The smallest absolute Gasteiger partial charge is 0.261 e. The minimum Gasteiger partial charge on any atom is -0.389 e. The number of anilines is 1. The molecule has 0 spiro atoms. The molecule has 9 nitrogen and oxygen atoms in total. The van der Waals surface area contributed by atoms with E-state index in [1.165, 1.54) is 0 Å². The largest absolute Gasteiger partial charge is 0.389 e. The van der Waals surface area contributed by atoms with E-state index in [4.69, 9.17) is 15.2 Å². The maximum atomic E-state index is 10.0. The van der Waals surface area contributed by atoms with E-state index in [2.05, 4.69) is 53.1 Å². The van der Waals surface area contributed by atoms with Crippen LogP contribution in [-0.2, 0) is 12.0 Å². The van der Waals surface area contributed by atoms with Gasteiger partial charge in [0.2, 0.25) is 5.95 Å². The second kappa shape index (κ2) is 8.40. The number of benzene rings is 1. The molecular weight excluding hydrogens is 418 g/mol. The van der Waals surface area contributed by atoms with Crippen molar-refractivity contribution >= 4 is 5.95 Å². The molecule has 1 aromatic carbocycles. The van der Waals surface area contributed by atoms with E-state index >= 15 is 0 Å². The molecule has 3 aromatic heterocycles. The Kier molecular flexibility index (Phi) is 5.75. The van der Waals surface area contributed by atoms with Crippen LogP contribution in [0.25, 0.3) is 22.6 Å². The molecule has 0 aliphatic rings. The molecule has 0 radical (unpaired) electrons. The van der Waals surface area contributed by atoms with Gasteiger partial charge in [-0.05, 0) is 37.8 Å². The van der Waals surface area contributed by atoms with E-state index in [1.54, 1.807) is 43.3 Å². The predicted octanol–water partition coefficient (Wildman–Crippen LogP) is 3.71. The SMILES string of the molecule is CC(C)[C@](C)(c1ccc(-c2cnc(N)nc2)cc1)c1noc(-c2cnn(CC(C)(C)O)c2)n1. The molecule has 4 aromatic rings. The molecule has 0 fully saturated rings. The lowest BCUT2D eigenvalue weighted by Crippen LogP contribution is -2.31. The van der Waals surface area contributed by atoms with Crippen LogP contribution in [0.3, 0.4) is 0 Å². The third-order valence-electron chi connectivity index (χ3n) is 5.96. The van der Waals surface area contributed by atoms with Gasteiger partial charge in [-0.3, -0.25) is 4.68 Å². The Bertz CT molecular complexity index is 1220. The maximum absolute atomic E-state index is 10.0. The van der Waals surface area contributed by atoms with Gasteiger partial charge in [0, 0.05) is 24.2 Å². The minimum atomic E-state index is -0.871. The van der Waals surface area contributed by atoms with Crippen LogP contribution < -0.4 is 5.73 Å². The fourth-order valence-electron chi connectivity index (χ4n) is 3.73. The summed E-state index contributed by atoms with van der Waals surface area (Å²) >= 11 is 0. The summed E-state index contributed by atoms with van der Waals surface area (Å²) in [5.74, 6) is 1.45. The molecule has 1 atom stereocenters. The molecule has 0 aliphatic heterocycles. The van der Waals surface area contributed by atoms with Gasteiger partial charge in [0.15, 0.2) is 5.82 Å². The first-order valence-corrected chi connectivity index (χ1v) is 10.8. The van der Waals surface area contributed by atoms with Gasteiger partial charge in [-0.2, -0.15) is 10.1 Å². The van der Waals surface area contributed by atoms with Crippen molar-refractivity contribution in [2.45, 2.75) is 52.2 Å². The van der Waals surface area contributed by atoms with Crippen LogP contribution in [0.15, 0.2) is 53.6 Å². The zero-order chi connectivity index (χ0) is 23.8. The predicted molar refractivity (Wildman–Crippen MR) is 125 cm³/mol. The summed E-state index contributed by atoms with van der Waals surface area (Å²) in [6.07, 6.45) is 6.88. The van der Waals surface area contributed by atoms with Gasteiger partial charge in [0.05, 0.1) is 29.3 Å². The molecule has 0 saturated heterocycles. The highest BCUT2D eigenvalue weighted by atomic mass is 16.5. The Morgan fingerprint density at radius 3 is 2.27 bits per heavy atom. The first-order chi connectivity index (χ1) is 15.6. The molecule has 0 saturated carbocycles. The lowest BCUT2D eigenvalue weighted by Gasteiger charge is -2.31. The first kappa shape index (κ1) is 22.6. The van der Waals surface area contributed by atoms with Crippen molar-refractivity contribution in [3.05, 3.63) is 60.4 Å². The van der Waals surface area contributed by atoms with Crippen molar-refractivity contribution in [1.29, 1.82) is 0 Å². The van der Waals surface area contributed by atoms with Gasteiger partial charge in [0.1, 0.15) is 0 Å². The average Bonchev–Trinajstić information content (AvgIpc) is 3.42. The Morgan fingerprint density at radius 2 is 1.67 bits per heavy atom. The van der Waals surface area contributed by atoms with Crippen LogP contribution in [-0.4, -0.2) is 40.6 Å². The van der Waals surface area contributed by atoms with Crippen molar-refractivity contribution in [2.24, 2.45) is 5.92 Å². The van der Waals surface area contributed by atoms with E-state index in [9.17, 15) is 5.11 Å². The molecule has 4 rings (SSSR count). The van der Waals surface area contributed by atoms with Crippen LogP contribution >= 0.6 is 0 Å². The standard InChI is InChI=1S/C24H29N7O2/c1-15(2)24(5,19-8-6-16(7-9-19)17-10-26-22(25)27-11-17)21-29-20(33-30-21)18-12-28-31(13-18)14-23(3,4)32/h6-13,15,32H,14H2,1-5H3,(H2,25,26,27)/t24-/m1/s1. The van der Waals surface area contributed by atoms with E-state index < -0.39 is 11.0 Å². The average molecular weight is 448 g/mol. The molecule has 9 heteroatoms. The number of aliphatic hydroxyl groups is 1. The van der Waals surface area contributed by atoms with Crippen LogP contribution in [0.2, 0.25) is 0 Å². The number of hydrogen-bond acceptors (Lipinski definition) is 8. The van der Waals surface area contributed by atoms with Crippen LogP contribution in [0.5, 0.6) is 0 Å². The van der Waals surface area contributed by atoms with Crippen molar-refractivity contribution in [3.63, 3.8) is 0 Å². The number of rotatable bonds is 7.